The number of likely N-dealkylation sites (tertiary alicyclic amines) is 1. The van der Waals surface area contributed by atoms with Crippen molar-refractivity contribution in [3.05, 3.63) is 34.9 Å². The second-order valence-electron chi connectivity index (χ2n) is 7.56. The van der Waals surface area contributed by atoms with Crippen LogP contribution >= 0.6 is 11.6 Å². The number of carbonyl (C=O) groups excluding carboxylic acids is 2. The number of nitrogens with one attached hydrogen (secondary N) is 1. The van der Waals surface area contributed by atoms with E-state index < -0.39 is 0 Å². The van der Waals surface area contributed by atoms with Gasteiger partial charge >= 0.3 is 0 Å². The van der Waals surface area contributed by atoms with Crippen LogP contribution in [0.2, 0.25) is 5.02 Å². The third-order valence-electron chi connectivity index (χ3n) is 5.78. The molecule has 1 N–H and O–H groups in total. The first-order chi connectivity index (χ1) is 13.6. The fourth-order valence-electron chi connectivity index (χ4n) is 4.13. The molecule has 1 unspecified atom stereocenters. The first kappa shape index (κ1) is 21.1. The average molecular weight is 407 g/mol. The van der Waals surface area contributed by atoms with Crippen LogP contribution in [-0.4, -0.2) is 84.9 Å². The number of likely N-dealkylation sites (N-methyl/N-ethyl adjacent to an activating group) is 1. The van der Waals surface area contributed by atoms with E-state index in [0.717, 1.165) is 45.7 Å². The monoisotopic (exact) mass is 406 g/mol. The number of benzene rings is 1. The van der Waals surface area contributed by atoms with Crippen LogP contribution in [0.1, 0.15) is 36.5 Å². The highest BCUT2D eigenvalue weighted by Gasteiger charge is 2.28. The number of hydrogen-bond donors (Lipinski definition) is 1. The van der Waals surface area contributed by atoms with Crippen LogP contribution in [0.25, 0.3) is 0 Å². The summed E-state index contributed by atoms with van der Waals surface area (Å²) in [5.74, 6) is 0.113. The van der Waals surface area contributed by atoms with E-state index >= 15 is 0 Å². The van der Waals surface area contributed by atoms with Crippen molar-refractivity contribution in [1.29, 1.82) is 0 Å². The molecule has 3 rings (SSSR count). The molecule has 0 aromatic heterocycles. The fraction of sp³-hybridized carbons (Fsp3) is 0.619. The maximum atomic E-state index is 13.2. The van der Waals surface area contributed by atoms with E-state index in [4.69, 9.17) is 11.6 Å². The predicted octanol–water partition coefficient (Wildman–Crippen LogP) is 2.09. The van der Waals surface area contributed by atoms with Gasteiger partial charge in [0.2, 0.25) is 5.91 Å². The van der Waals surface area contributed by atoms with Crippen LogP contribution < -0.4 is 5.32 Å². The van der Waals surface area contributed by atoms with Crippen LogP contribution in [0.5, 0.6) is 0 Å². The van der Waals surface area contributed by atoms with Crippen molar-refractivity contribution >= 4 is 23.4 Å². The third kappa shape index (κ3) is 5.46. The van der Waals surface area contributed by atoms with Crippen LogP contribution in [0.3, 0.4) is 0 Å². The van der Waals surface area contributed by atoms with Crippen molar-refractivity contribution in [2.24, 2.45) is 0 Å². The van der Waals surface area contributed by atoms with Crippen molar-refractivity contribution in [3.63, 3.8) is 0 Å². The molecule has 6 nitrogen and oxygen atoms in total. The number of carbonyl (C=O) groups is 2. The van der Waals surface area contributed by atoms with Gasteiger partial charge in [-0.3, -0.25) is 14.5 Å². The lowest BCUT2D eigenvalue weighted by Crippen LogP contribution is -2.48. The van der Waals surface area contributed by atoms with E-state index in [-0.39, 0.29) is 11.8 Å². The topological polar surface area (TPSA) is 55.9 Å². The molecule has 1 aromatic rings. The summed E-state index contributed by atoms with van der Waals surface area (Å²) in [5, 5.41) is 3.88. The van der Waals surface area contributed by atoms with Gasteiger partial charge in [0.1, 0.15) is 0 Å². The van der Waals surface area contributed by atoms with Gasteiger partial charge in [-0.1, -0.05) is 18.5 Å². The zero-order valence-corrected chi connectivity index (χ0v) is 17.5. The molecule has 154 valence electrons. The van der Waals surface area contributed by atoms with E-state index in [1.807, 2.05) is 9.80 Å². The van der Waals surface area contributed by atoms with Crippen LogP contribution in [-0.2, 0) is 4.79 Å². The molecule has 0 spiro atoms. The number of halogens is 1. The third-order valence-corrected chi connectivity index (χ3v) is 6.03. The number of hydrogen-bond acceptors (Lipinski definition) is 4. The van der Waals surface area contributed by atoms with Gasteiger partial charge < -0.3 is 15.1 Å². The summed E-state index contributed by atoms with van der Waals surface area (Å²) in [6.45, 7) is 8.54. The molecule has 0 saturated carbocycles. The van der Waals surface area contributed by atoms with Gasteiger partial charge in [-0.2, -0.15) is 0 Å². The molecule has 0 aliphatic carbocycles. The summed E-state index contributed by atoms with van der Waals surface area (Å²) >= 11 is 5.97. The second-order valence-corrected chi connectivity index (χ2v) is 8.00. The zero-order valence-electron chi connectivity index (χ0n) is 16.7. The molecule has 2 heterocycles. The molecule has 2 amide bonds. The molecule has 7 heteroatoms. The minimum Gasteiger partial charge on any atom is -0.340 e. The van der Waals surface area contributed by atoms with Crippen molar-refractivity contribution in [3.8, 4) is 0 Å². The molecule has 2 aliphatic heterocycles. The van der Waals surface area contributed by atoms with Gasteiger partial charge in [0, 0.05) is 62.3 Å². The van der Waals surface area contributed by atoms with E-state index in [0.29, 0.717) is 36.1 Å². The van der Waals surface area contributed by atoms with Crippen LogP contribution in [0, 0.1) is 0 Å². The zero-order chi connectivity index (χ0) is 19.9. The van der Waals surface area contributed by atoms with Gasteiger partial charge in [-0.15, -0.1) is 0 Å². The maximum absolute atomic E-state index is 13.2. The Kier molecular flexibility index (Phi) is 7.71. The first-order valence-corrected chi connectivity index (χ1v) is 10.7. The number of amides is 2. The minimum atomic E-state index is -0.0206. The molecular weight excluding hydrogens is 376 g/mol. The van der Waals surface area contributed by atoms with Crippen LogP contribution in [0.4, 0.5) is 0 Å². The van der Waals surface area contributed by atoms with E-state index in [1.165, 1.54) is 6.42 Å². The lowest BCUT2D eigenvalue weighted by molar-refractivity contribution is -0.132. The molecule has 1 aromatic carbocycles. The summed E-state index contributed by atoms with van der Waals surface area (Å²) in [7, 11) is 0. The molecule has 2 saturated heterocycles. The highest BCUT2D eigenvalue weighted by atomic mass is 35.5. The fourth-order valence-corrected chi connectivity index (χ4v) is 4.25. The number of nitrogens with zero attached hydrogens (tertiary/aromatic N) is 3. The van der Waals surface area contributed by atoms with Gasteiger partial charge in [-0.05, 0) is 50.2 Å². The minimum absolute atomic E-state index is 0.0206. The molecular formula is C21H31ClN4O2. The Hall–Kier alpha value is -1.63. The molecule has 0 bridgehead atoms. The summed E-state index contributed by atoms with van der Waals surface area (Å²) in [6, 6.07) is 7.39. The maximum Gasteiger partial charge on any atom is 0.253 e. The number of rotatable bonds is 7. The van der Waals surface area contributed by atoms with E-state index in [1.54, 1.807) is 24.3 Å². The largest absolute Gasteiger partial charge is 0.340 e. The molecule has 2 aliphatic rings. The highest BCUT2D eigenvalue weighted by molar-refractivity contribution is 6.30. The quantitative estimate of drug-likeness (QED) is 0.753. The normalized spacial score (nSPS) is 20.4. The summed E-state index contributed by atoms with van der Waals surface area (Å²) in [6.07, 6.45) is 2.64. The number of piperazine rings is 1. The highest BCUT2D eigenvalue weighted by Crippen LogP contribution is 2.20. The predicted molar refractivity (Wildman–Crippen MR) is 112 cm³/mol. The SMILES string of the molecule is CCN1CCCC1CN(CCC(=O)N1CCNCC1)C(=O)c1ccc(Cl)cc1. The Balaban J connectivity index is 1.67. The lowest BCUT2D eigenvalue weighted by Gasteiger charge is -2.32. The van der Waals surface area contributed by atoms with E-state index in [2.05, 4.69) is 17.1 Å². The smallest absolute Gasteiger partial charge is 0.253 e. The van der Waals surface area contributed by atoms with Crippen molar-refractivity contribution in [2.75, 3.05) is 52.4 Å². The Morgan fingerprint density at radius 1 is 1.18 bits per heavy atom. The molecule has 0 radical (unpaired) electrons. The summed E-state index contributed by atoms with van der Waals surface area (Å²) < 4.78 is 0. The molecule has 28 heavy (non-hydrogen) atoms. The summed E-state index contributed by atoms with van der Waals surface area (Å²) in [5.41, 5.74) is 0.625. The van der Waals surface area contributed by atoms with Gasteiger partial charge in [-0.25, -0.2) is 0 Å². The Bertz CT molecular complexity index is 661. The van der Waals surface area contributed by atoms with Crippen molar-refractivity contribution < 1.29 is 9.59 Å². The second kappa shape index (κ2) is 10.2. The Morgan fingerprint density at radius 2 is 1.89 bits per heavy atom. The van der Waals surface area contributed by atoms with Crippen molar-refractivity contribution in [1.82, 2.24) is 20.0 Å². The van der Waals surface area contributed by atoms with Gasteiger partial charge in [0.05, 0.1) is 0 Å². The van der Waals surface area contributed by atoms with Gasteiger partial charge in [0.15, 0.2) is 0 Å². The Morgan fingerprint density at radius 3 is 2.57 bits per heavy atom. The van der Waals surface area contributed by atoms with Gasteiger partial charge in [0.25, 0.3) is 5.91 Å². The molecule has 1 atom stereocenters. The molecule has 2 fully saturated rings. The lowest BCUT2D eigenvalue weighted by atomic mass is 10.1. The Labute approximate surface area is 172 Å². The standard InChI is InChI=1S/C21H31ClN4O2/c1-2-24-12-3-4-19(24)16-26(21(28)17-5-7-18(22)8-6-17)13-9-20(27)25-14-10-23-11-15-25/h5-8,19,23H,2-4,9-16H2,1H3. The first-order valence-electron chi connectivity index (χ1n) is 10.4. The summed E-state index contributed by atoms with van der Waals surface area (Å²) in [4.78, 5) is 31.9. The van der Waals surface area contributed by atoms with Crippen LogP contribution in [0.15, 0.2) is 24.3 Å². The van der Waals surface area contributed by atoms with Crippen molar-refractivity contribution in [2.45, 2.75) is 32.2 Å². The average Bonchev–Trinajstić information content (AvgIpc) is 3.18. The van der Waals surface area contributed by atoms with E-state index in [9.17, 15) is 9.59 Å².